The second-order valence-electron chi connectivity index (χ2n) is 4.39. The average Bonchev–Trinajstić information content (AvgIpc) is 3.10. The Morgan fingerprint density at radius 3 is 2.18 bits per heavy atom. The standard InChI is InChI=1S/C11H12F4N2/c1-5(6-2-3-6)4-16-9-7(12)10(14)17-11(15)8(9)13/h5-6H,2-4H2,1H3,(H,16,17). The first-order valence-corrected chi connectivity index (χ1v) is 5.44. The molecule has 1 N–H and O–H groups in total. The molecule has 0 amide bonds. The first-order valence-electron chi connectivity index (χ1n) is 5.44. The van der Waals surface area contributed by atoms with Crippen LogP contribution in [0.15, 0.2) is 0 Å². The van der Waals surface area contributed by atoms with Crippen LogP contribution in [0, 0.1) is 35.4 Å². The molecule has 1 aliphatic rings. The van der Waals surface area contributed by atoms with Gasteiger partial charge in [-0.25, -0.2) is 0 Å². The lowest BCUT2D eigenvalue weighted by Crippen LogP contribution is -2.16. The third-order valence-electron chi connectivity index (χ3n) is 3.03. The predicted molar refractivity (Wildman–Crippen MR) is 54.4 cm³/mol. The Labute approximate surface area is 96.0 Å². The molecule has 1 saturated carbocycles. The summed E-state index contributed by atoms with van der Waals surface area (Å²) in [6.07, 6.45) is 2.18. The van der Waals surface area contributed by atoms with Gasteiger partial charge < -0.3 is 5.32 Å². The number of rotatable bonds is 4. The SMILES string of the molecule is CC(CNc1c(F)c(F)nc(F)c1F)C1CC1. The fourth-order valence-electron chi connectivity index (χ4n) is 1.74. The van der Waals surface area contributed by atoms with Crippen LogP contribution in [0.1, 0.15) is 19.8 Å². The highest BCUT2D eigenvalue weighted by Gasteiger charge is 2.28. The zero-order valence-electron chi connectivity index (χ0n) is 9.24. The summed E-state index contributed by atoms with van der Waals surface area (Å²) in [5.74, 6) is -5.48. The van der Waals surface area contributed by atoms with E-state index in [1.807, 2.05) is 6.92 Å². The van der Waals surface area contributed by atoms with Crippen LogP contribution < -0.4 is 5.32 Å². The Bertz CT molecular complexity index is 406. The predicted octanol–water partition coefficient (Wildman–Crippen LogP) is 3.10. The van der Waals surface area contributed by atoms with Crippen LogP contribution >= 0.6 is 0 Å². The van der Waals surface area contributed by atoms with Crippen molar-refractivity contribution in [2.75, 3.05) is 11.9 Å². The molecule has 6 heteroatoms. The quantitative estimate of drug-likeness (QED) is 0.654. The first kappa shape index (κ1) is 12.1. The summed E-state index contributed by atoms with van der Waals surface area (Å²) in [5.41, 5.74) is -0.775. The van der Waals surface area contributed by atoms with Crippen LogP contribution in [0.25, 0.3) is 0 Å². The van der Waals surface area contributed by atoms with Gasteiger partial charge in [-0.05, 0) is 24.7 Å². The minimum atomic E-state index is -1.63. The Balaban J connectivity index is 2.13. The molecule has 1 fully saturated rings. The number of pyridine rings is 1. The lowest BCUT2D eigenvalue weighted by atomic mass is 10.1. The number of aromatic nitrogens is 1. The van der Waals surface area contributed by atoms with Gasteiger partial charge in [0, 0.05) is 6.54 Å². The van der Waals surface area contributed by atoms with Crippen molar-refractivity contribution in [3.63, 3.8) is 0 Å². The minimum Gasteiger partial charge on any atom is -0.380 e. The van der Waals surface area contributed by atoms with Crippen LogP contribution in [0.5, 0.6) is 0 Å². The number of anilines is 1. The van der Waals surface area contributed by atoms with Gasteiger partial charge in [0.1, 0.15) is 5.69 Å². The third-order valence-corrected chi connectivity index (χ3v) is 3.03. The van der Waals surface area contributed by atoms with E-state index >= 15 is 0 Å². The maximum atomic E-state index is 13.2. The third kappa shape index (κ3) is 2.50. The molecular weight excluding hydrogens is 236 g/mol. The normalized spacial score (nSPS) is 17.0. The molecule has 1 atom stereocenters. The zero-order valence-corrected chi connectivity index (χ0v) is 9.24. The molecule has 2 nitrogen and oxygen atoms in total. The van der Waals surface area contributed by atoms with Crippen LogP contribution in [-0.4, -0.2) is 11.5 Å². The van der Waals surface area contributed by atoms with E-state index < -0.39 is 29.2 Å². The molecule has 1 aliphatic carbocycles. The molecule has 1 heterocycles. The molecule has 94 valence electrons. The molecule has 0 aliphatic heterocycles. The molecule has 0 radical (unpaired) electrons. The highest BCUT2D eigenvalue weighted by Crippen LogP contribution is 2.36. The summed E-state index contributed by atoms with van der Waals surface area (Å²) in [6.45, 7) is 2.20. The van der Waals surface area contributed by atoms with Crippen molar-refractivity contribution in [2.45, 2.75) is 19.8 Å². The maximum absolute atomic E-state index is 13.2. The van der Waals surface area contributed by atoms with Crippen molar-refractivity contribution in [1.29, 1.82) is 0 Å². The molecule has 0 bridgehead atoms. The molecule has 0 aromatic carbocycles. The number of nitrogens with zero attached hydrogens (tertiary/aromatic N) is 1. The van der Waals surface area contributed by atoms with Crippen molar-refractivity contribution in [3.05, 3.63) is 23.5 Å². The van der Waals surface area contributed by atoms with Gasteiger partial charge in [-0.15, -0.1) is 0 Å². The summed E-state index contributed by atoms with van der Waals surface area (Å²) in [7, 11) is 0. The van der Waals surface area contributed by atoms with Crippen molar-refractivity contribution in [3.8, 4) is 0 Å². The number of hydrogen-bond acceptors (Lipinski definition) is 2. The van der Waals surface area contributed by atoms with E-state index in [1.165, 1.54) is 0 Å². The van der Waals surface area contributed by atoms with Crippen LogP contribution in [0.3, 0.4) is 0 Å². The summed E-state index contributed by atoms with van der Waals surface area (Å²) in [6, 6.07) is 0. The van der Waals surface area contributed by atoms with E-state index in [4.69, 9.17) is 0 Å². The van der Waals surface area contributed by atoms with Gasteiger partial charge in [0.2, 0.25) is 11.6 Å². The second kappa shape index (κ2) is 4.50. The number of nitrogens with one attached hydrogen (secondary N) is 1. The van der Waals surface area contributed by atoms with Crippen LogP contribution in [-0.2, 0) is 0 Å². The number of hydrogen-bond donors (Lipinski definition) is 1. The average molecular weight is 248 g/mol. The molecule has 17 heavy (non-hydrogen) atoms. The summed E-state index contributed by atoms with van der Waals surface area (Å²) in [4.78, 5) is 2.48. The highest BCUT2D eigenvalue weighted by molar-refractivity contribution is 5.45. The smallest absolute Gasteiger partial charge is 0.253 e. The topological polar surface area (TPSA) is 24.9 Å². The van der Waals surface area contributed by atoms with Gasteiger partial charge in [0.05, 0.1) is 0 Å². The van der Waals surface area contributed by atoms with E-state index in [0.29, 0.717) is 5.92 Å². The van der Waals surface area contributed by atoms with Crippen molar-refractivity contribution in [2.24, 2.45) is 11.8 Å². The van der Waals surface area contributed by atoms with Crippen LogP contribution in [0.4, 0.5) is 23.2 Å². The van der Waals surface area contributed by atoms with E-state index in [2.05, 4.69) is 10.3 Å². The van der Waals surface area contributed by atoms with Crippen molar-refractivity contribution in [1.82, 2.24) is 4.98 Å². The Morgan fingerprint density at radius 1 is 1.18 bits per heavy atom. The van der Waals surface area contributed by atoms with Crippen molar-refractivity contribution >= 4 is 5.69 Å². The Kier molecular flexibility index (Phi) is 3.22. The van der Waals surface area contributed by atoms with Gasteiger partial charge in [-0.2, -0.15) is 22.5 Å². The van der Waals surface area contributed by atoms with E-state index in [-0.39, 0.29) is 12.5 Å². The number of halogens is 4. The maximum Gasteiger partial charge on any atom is 0.253 e. The molecule has 0 saturated heterocycles. The minimum absolute atomic E-state index is 0.216. The molecule has 1 aromatic rings. The van der Waals surface area contributed by atoms with Crippen molar-refractivity contribution < 1.29 is 17.6 Å². The highest BCUT2D eigenvalue weighted by atomic mass is 19.2. The summed E-state index contributed by atoms with van der Waals surface area (Å²) in [5, 5.41) is 2.41. The Hall–Kier alpha value is -1.33. The van der Waals surface area contributed by atoms with E-state index in [9.17, 15) is 17.6 Å². The lowest BCUT2D eigenvalue weighted by molar-refractivity contribution is 0.409. The van der Waals surface area contributed by atoms with Gasteiger partial charge in [-0.3, -0.25) is 0 Å². The van der Waals surface area contributed by atoms with E-state index in [1.54, 1.807) is 0 Å². The van der Waals surface area contributed by atoms with Gasteiger partial charge in [0.15, 0.2) is 0 Å². The second-order valence-corrected chi connectivity index (χ2v) is 4.39. The fourth-order valence-corrected chi connectivity index (χ4v) is 1.74. The summed E-state index contributed by atoms with van der Waals surface area (Å²) < 4.78 is 52.0. The molecular formula is C11H12F4N2. The van der Waals surface area contributed by atoms with Gasteiger partial charge >= 0.3 is 0 Å². The lowest BCUT2D eigenvalue weighted by Gasteiger charge is -2.13. The van der Waals surface area contributed by atoms with Gasteiger partial charge in [0.25, 0.3) is 11.9 Å². The van der Waals surface area contributed by atoms with Gasteiger partial charge in [-0.1, -0.05) is 6.92 Å². The monoisotopic (exact) mass is 248 g/mol. The van der Waals surface area contributed by atoms with Crippen LogP contribution in [0.2, 0.25) is 0 Å². The molecule has 2 rings (SSSR count). The molecule has 1 unspecified atom stereocenters. The Morgan fingerprint density at radius 2 is 1.71 bits per heavy atom. The molecule has 0 spiro atoms. The first-order chi connectivity index (χ1) is 8.00. The largest absolute Gasteiger partial charge is 0.380 e. The molecule has 1 aromatic heterocycles. The summed E-state index contributed by atoms with van der Waals surface area (Å²) >= 11 is 0. The fraction of sp³-hybridized carbons (Fsp3) is 0.545. The zero-order chi connectivity index (χ0) is 12.6. The van der Waals surface area contributed by atoms with E-state index in [0.717, 1.165) is 12.8 Å².